The van der Waals surface area contributed by atoms with Gasteiger partial charge in [-0.25, -0.2) is 14.2 Å². The molecule has 4 rings (SSSR count). The van der Waals surface area contributed by atoms with Crippen LogP contribution in [0.4, 0.5) is 20.6 Å². The van der Waals surface area contributed by atoms with E-state index in [9.17, 15) is 9.18 Å². The summed E-state index contributed by atoms with van der Waals surface area (Å²) in [5, 5.41) is 6.40. The van der Waals surface area contributed by atoms with Crippen molar-refractivity contribution in [1.29, 1.82) is 0 Å². The number of pyridine rings is 1. The molecule has 0 aliphatic heterocycles. The molecular weight excluding hydrogens is 421 g/mol. The van der Waals surface area contributed by atoms with Crippen LogP contribution in [0.1, 0.15) is 13.8 Å². The smallest absolute Gasteiger partial charge is 0.323 e. The summed E-state index contributed by atoms with van der Waals surface area (Å²) in [5.41, 5.74) is 3.43. The summed E-state index contributed by atoms with van der Waals surface area (Å²) in [7, 11) is 0. The van der Waals surface area contributed by atoms with Gasteiger partial charge in [0.25, 0.3) is 0 Å². The zero-order chi connectivity index (χ0) is 23.2. The molecule has 0 aliphatic carbocycles. The number of carbonyl (C=O) groups excluding carboxylic acids is 1. The highest BCUT2D eigenvalue weighted by Gasteiger charge is 2.11. The van der Waals surface area contributed by atoms with Crippen molar-refractivity contribution in [1.82, 2.24) is 4.98 Å². The van der Waals surface area contributed by atoms with Crippen LogP contribution in [0.25, 0.3) is 22.2 Å². The number of hydrogen-bond acceptors (Lipinski definition) is 4. The van der Waals surface area contributed by atoms with Gasteiger partial charge in [-0.15, -0.1) is 0 Å². The Kier molecular flexibility index (Phi) is 6.69. The van der Waals surface area contributed by atoms with E-state index in [1.54, 1.807) is 42.5 Å². The number of urea groups is 1. The molecule has 1 heterocycles. The minimum absolute atomic E-state index is 0.302. The number of benzene rings is 3. The summed E-state index contributed by atoms with van der Waals surface area (Å²) in [6.45, 7) is 4.87. The van der Waals surface area contributed by atoms with Crippen LogP contribution < -0.4 is 20.1 Å². The number of anilines is 2. The predicted octanol–water partition coefficient (Wildman–Crippen LogP) is 6.48. The lowest BCUT2D eigenvalue weighted by Crippen LogP contribution is -2.19. The first-order chi connectivity index (χ1) is 16.1. The lowest BCUT2D eigenvalue weighted by Gasteiger charge is -2.13. The molecule has 3 aromatic carbocycles. The average Bonchev–Trinajstić information content (AvgIpc) is 2.81. The Morgan fingerprint density at radius 2 is 1.52 bits per heavy atom. The largest absolute Gasteiger partial charge is 0.494 e. The summed E-state index contributed by atoms with van der Waals surface area (Å²) < 4.78 is 24.6. The molecule has 1 aromatic heterocycles. The van der Waals surface area contributed by atoms with E-state index in [1.165, 1.54) is 12.1 Å². The maximum absolute atomic E-state index is 13.3. The van der Waals surface area contributed by atoms with Crippen molar-refractivity contribution < 1.29 is 18.7 Å². The summed E-state index contributed by atoms with van der Waals surface area (Å²) in [6.07, 6.45) is 0. The third-order valence-electron chi connectivity index (χ3n) is 4.89. The van der Waals surface area contributed by atoms with Crippen LogP contribution >= 0.6 is 0 Å². The molecule has 7 heteroatoms. The monoisotopic (exact) mass is 445 g/mol. The Morgan fingerprint density at radius 1 is 0.848 bits per heavy atom. The molecule has 2 N–H and O–H groups in total. The number of nitrogens with one attached hydrogen (secondary N) is 2. The second kappa shape index (κ2) is 9.99. The quantitative estimate of drug-likeness (QED) is 0.341. The molecule has 168 valence electrons. The van der Waals surface area contributed by atoms with Gasteiger partial charge < -0.3 is 20.1 Å². The molecule has 0 radical (unpaired) electrons. The number of ether oxygens (including phenoxy) is 2. The Balaban J connectivity index is 1.56. The van der Waals surface area contributed by atoms with Crippen molar-refractivity contribution in [3.63, 3.8) is 0 Å². The second-order valence-corrected chi connectivity index (χ2v) is 7.21. The van der Waals surface area contributed by atoms with Crippen molar-refractivity contribution in [3.05, 3.63) is 78.6 Å². The van der Waals surface area contributed by atoms with E-state index in [0.29, 0.717) is 41.5 Å². The van der Waals surface area contributed by atoms with E-state index in [4.69, 9.17) is 9.47 Å². The fraction of sp³-hybridized carbons (Fsp3) is 0.154. The number of fused-ring (bicyclic) bond motifs is 1. The summed E-state index contributed by atoms with van der Waals surface area (Å²) in [6, 6.07) is 20.2. The van der Waals surface area contributed by atoms with Crippen LogP contribution in [-0.2, 0) is 0 Å². The van der Waals surface area contributed by atoms with Crippen LogP contribution in [0, 0.1) is 5.82 Å². The third kappa shape index (κ3) is 5.38. The van der Waals surface area contributed by atoms with Crippen molar-refractivity contribution in [2.75, 3.05) is 23.8 Å². The van der Waals surface area contributed by atoms with Gasteiger partial charge in [0.1, 0.15) is 17.3 Å². The van der Waals surface area contributed by atoms with Crippen LogP contribution in [0.15, 0.2) is 72.8 Å². The second-order valence-electron chi connectivity index (χ2n) is 7.21. The van der Waals surface area contributed by atoms with Crippen molar-refractivity contribution in [2.24, 2.45) is 0 Å². The first kappa shape index (κ1) is 22.1. The number of rotatable bonds is 7. The fourth-order valence-electron chi connectivity index (χ4n) is 3.41. The van der Waals surface area contributed by atoms with E-state index >= 15 is 0 Å². The summed E-state index contributed by atoms with van der Waals surface area (Å²) in [4.78, 5) is 17.2. The molecule has 0 fully saturated rings. The van der Waals surface area contributed by atoms with Gasteiger partial charge in [-0.2, -0.15) is 0 Å². The maximum atomic E-state index is 13.3. The van der Waals surface area contributed by atoms with Gasteiger partial charge in [0, 0.05) is 28.4 Å². The van der Waals surface area contributed by atoms with Gasteiger partial charge in [-0.3, -0.25) is 0 Å². The SMILES string of the molecule is CCOc1ccc(NC(=O)Nc2ccc3nc(-c4ccc(F)cc4)cc(OCC)c3c2)cc1. The molecule has 0 aliphatic rings. The Hall–Kier alpha value is -4.13. The highest BCUT2D eigenvalue weighted by molar-refractivity contribution is 6.01. The number of nitrogens with zero attached hydrogens (tertiary/aromatic N) is 1. The first-order valence-electron chi connectivity index (χ1n) is 10.7. The van der Waals surface area contributed by atoms with Gasteiger partial charge in [-0.05, 0) is 80.6 Å². The molecule has 0 unspecified atom stereocenters. The number of aromatic nitrogens is 1. The molecular formula is C26H24FN3O3. The molecule has 0 saturated carbocycles. The Morgan fingerprint density at radius 3 is 2.21 bits per heavy atom. The molecule has 2 amide bonds. The highest BCUT2D eigenvalue weighted by Crippen LogP contribution is 2.32. The predicted molar refractivity (Wildman–Crippen MR) is 129 cm³/mol. The summed E-state index contributed by atoms with van der Waals surface area (Å²) in [5.74, 6) is 1.08. The van der Waals surface area contributed by atoms with Crippen LogP contribution in [0.5, 0.6) is 11.5 Å². The van der Waals surface area contributed by atoms with Gasteiger partial charge in [0.2, 0.25) is 0 Å². The minimum Gasteiger partial charge on any atom is -0.494 e. The van der Waals surface area contributed by atoms with E-state index in [1.807, 2.05) is 32.0 Å². The molecule has 33 heavy (non-hydrogen) atoms. The molecule has 6 nitrogen and oxygen atoms in total. The number of hydrogen-bond donors (Lipinski definition) is 2. The Labute approximate surface area is 191 Å². The lowest BCUT2D eigenvalue weighted by molar-refractivity contribution is 0.262. The first-order valence-corrected chi connectivity index (χ1v) is 10.7. The maximum Gasteiger partial charge on any atom is 0.323 e. The number of halogens is 1. The zero-order valence-electron chi connectivity index (χ0n) is 18.4. The van der Waals surface area contributed by atoms with Gasteiger partial charge in [-0.1, -0.05) is 0 Å². The zero-order valence-corrected chi connectivity index (χ0v) is 18.4. The summed E-state index contributed by atoms with van der Waals surface area (Å²) >= 11 is 0. The molecule has 0 atom stereocenters. The van der Waals surface area contributed by atoms with E-state index in [0.717, 1.165) is 16.7 Å². The highest BCUT2D eigenvalue weighted by atomic mass is 19.1. The number of carbonyl (C=O) groups is 1. The van der Waals surface area contributed by atoms with Crippen molar-refractivity contribution >= 4 is 28.3 Å². The standard InChI is InChI=1S/C26H24FN3O3/c1-3-32-21-12-9-19(10-13-21)28-26(31)29-20-11-14-23-22(15-20)25(33-4-2)16-24(30-23)17-5-7-18(27)8-6-17/h5-16H,3-4H2,1-2H3,(H2,28,29,31). The fourth-order valence-corrected chi connectivity index (χ4v) is 3.41. The molecule has 0 bridgehead atoms. The van der Waals surface area contributed by atoms with Crippen molar-refractivity contribution in [3.8, 4) is 22.8 Å². The topological polar surface area (TPSA) is 72.5 Å². The normalized spacial score (nSPS) is 10.6. The number of amides is 2. The van der Waals surface area contributed by atoms with Crippen LogP contribution in [0.2, 0.25) is 0 Å². The molecule has 4 aromatic rings. The van der Waals surface area contributed by atoms with Gasteiger partial charge in [0.05, 0.1) is 24.4 Å². The average molecular weight is 445 g/mol. The van der Waals surface area contributed by atoms with Crippen LogP contribution in [-0.4, -0.2) is 24.2 Å². The lowest BCUT2D eigenvalue weighted by atomic mass is 10.1. The van der Waals surface area contributed by atoms with Gasteiger partial charge >= 0.3 is 6.03 Å². The van der Waals surface area contributed by atoms with E-state index in [-0.39, 0.29) is 11.8 Å². The molecule has 0 spiro atoms. The molecule has 0 saturated heterocycles. The van der Waals surface area contributed by atoms with E-state index in [2.05, 4.69) is 15.6 Å². The Bertz CT molecular complexity index is 1260. The van der Waals surface area contributed by atoms with Crippen molar-refractivity contribution in [2.45, 2.75) is 13.8 Å². The van der Waals surface area contributed by atoms with Crippen LogP contribution in [0.3, 0.4) is 0 Å². The van der Waals surface area contributed by atoms with Gasteiger partial charge in [0.15, 0.2) is 0 Å². The third-order valence-corrected chi connectivity index (χ3v) is 4.89. The van der Waals surface area contributed by atoms with E-state index < -0.39 is 0 Å². The minimum atomic E-state index is -0.368.